The van der Waals surface area contributed by atoms with Gasteiger partial charge in [0.2, 0.25) is 0 Å². The lowest BCUT2D eigenvalue weighted by atomic mass is 9.60. The molecule has 7 unspecified atom stereocenters. The van der Waals surface area contributed by atoms with Gasteiger partial charge >= 0.3 is 0 Å². The molecule has 0 aliphatic heterocycles. The lowest BCUT2D eigenvalue weighted by Crippen LogP contribution is -2.63. The minimum absolute atomic E-state index is 0.231. The lowest BCUT2D eigenvalue weighted by molar-refractivity contribution is 0.140. The van der Waals surface area contributed by atoms with Crippen LogP contribution in [0.1, 0.15) is 241 Å². The number of hydrogen-bond acceptors (Lipinski definition) is 0. The van der Waals surface area contributed by atoms with Crippen molar-refractivity contribution < 1.29 is 0 Å². The lowest BCUT2D eigenvalue weighted by Gasteiger charge is -2.62. The van der Waals surface area contributed by atoms with Crippen molar-refractivity contribution in [2.45, 2.75) is 257 Å². The maximum atomic E-state index is 3.82. The van der Waals surface area contributed by atoms with Gasteiger partial charge in [-0.15, -0.1) is 27.7 Å². The third-order valence-electron chi connectivity index (χ3n) is 11.8. The molecule has 0 amide bonds. The van der Waals surface area contributed by atoms with Crippen LogP contribution in [0.5, 0.6) is 0 Å². The summed E-state index contributed by atoms with van der Waals surface area (Å²) in [6, 6.07) is 0. The van der Waals surface area contributed by atoms with Crippen LogP contribution < -0.4 is 0 Å². The monoisotopic (exact) mass is 687 g/mol. The molecule has 272 valence electrons. The Balaban J connectivity index is 7.23. The van der Waals surface area contributed by atoms with E-state index in [2.05, 4.69) is 76.2 Å². The zero-order valence-corrected chi connectivity index (χ0v) is 36.1. The van der Waals surface area contributed by atoms with Crippen LogP contribution in [-0.2, 0) is 0 Å². The van der Waals surface area contributed by atoms with Gasteiger partial charge in [-0.1, -0.05) is 196 Å². The Morgan fingerprint density at radius 1 is 0.311 bits per heavy atom. The number of hydrogen-bond donors (Lipinski definition) is 0. The predicted octanol–water partition coefficient (Wildman–Crippen LogP) is 15.9. The van der Waals surface area contributed by atoms with Crippen LogP contribution in [0.4, 0.5) is 0 Å². The van der Waals surface area contributed by atoms with E-state index in [1.807, 2.05) is 0 Å². The van der Waals surface area contributed by atoms with Crippen LogP contribution in [0.3, 0.4) is 0 Å². The van der Waals surface area contributed by atoms with E-state index in [1.54, 1.807) is 0 Å². The van der Waals surface area contributed by atoms with Crippen LogP contribution in [0, 0.1) is 11.8 Å². The highest BCUT2D eigenvalue weighted by atomic mass is 31.0. The molecule has 0 radical (unpaired) electrons. The quantitative estimate of drug-likeness (QED) is 0.0467. The van der Waals surface area contributed by atoms with Gasteiger partial charge in [0.05, 0.1) is 0 Å². The molecule has 0 aliphatic carbocycles. The predicted molar refractivity (Wildman–Crippen MR) is 223 cm³/mol. The van der Waals surface area contributed by atoms with Gasteiger partial charge in [0, 0.05) is 5.16 Å². The molecule has 7 atom stereocenters. The summed E-state index contributed by atoms with van der Waals surface area (Å²) < 4.78 is 0. The second-order valence-electron chi connectivity index (χ2n) is 15.5. The van der Waals surface area contributed by atoms with Crippen LogP contribution >= 0.6 is 27.7 Å². The molecule has 0 fully saturated rings. The molecular formula is C42H89P3. The number of unbranched alkanes of at least 4 members (excludes halogenated alkanes) is 16. The Hall–Kier alpha value is 1.29. The fourth-order valence-electron chi connectivity index (χ4n) is 8.68. The normalized spacial score (nSPS) is 17.5. The van der Waals surface area contributed by atoms with Crippen molar-refractivity contribution in [1.82, 2.24) is 0 Å². The van der Waals surface area contributed by atoms with Gasteiger partial charge in [-0.3, -0.25) is 0 Å². The van der Waals surface area contributed by atoms with E-state index in [1.165, 1.54) is 193 Å². The van der Waals surface area contributed by atoms with E-state index in [0.29, 0.717) is 0 Å². The summed E-state index contributed by atoms with van der Waals surface area (Å²) in [5.41, 5.74) is 0. The van der Waals surface area contributed by atoms with Crippen molar-refractivity contribution in [2.24, 2.45) is 11.8 Å². The molecule has 0 saturated carbocycles. The van der Waals surface area contributed by atoms with Crippen molar-refractivity contribution in [3.63, 3.8) is 0 Å². The molecule has 0 heterocycles. The first kappa shape index (κ1) is 46.3. The van der Waals surface area contributed by atoms with Crippen molar-refractivity contribution in [3.05, 3.63) is 0 Å². The van der Waals surface area contributed by atoms with Crippen LogP contribution in [0.2, 0.25) is 0 Å². The van der Waals surface area contributed by atoms with Crippen molar-refractivity contribution >= 4 is 27.7 Å². The SMILES string of the molecule is CCCCCCC(CCCC)C(P)(CCCCCC)C(P)(CCCCC)C(P)(CCCCCC)C(CCCC)CCCCCC. The smallest absolute Gasteiger partial charge is 0.00358 e. The minimum atomic E-state index is 0.231. The average Bonchev–Trinajstić information content (AvgIpc) is 3.04. The Labute approximate surface area is 295 Å². The summed E-state index contributed by atoms with van der Waals surface area (Å²) >= 11 is 0. The van der Waals surface area contributed by atoms with Gasteiger partial charge in [-0.25, -0.2) is 0 Å². The van der Waals surface area contributed by atoms with E-state index in [9.17, 15) is 0 Å². The third kappa shape index (κ3) is 16.7. The Morgan fingerprint density at radius 3 is 0.911 bits per heavy atom. The van der Waals surface area contributed by atoms with Gasteiger partial charge < -0.3 is 0 Å². The molecule has 45 heavy (non-hydrogen) atoms. The second kappa shape index (κ2) is 29.1. The van der Waals surface area contributed by atoms with Gasteiger partial charge in [-0.05, 0) is 67.1 Å². The second-order valence-corrected chi connectivity index (χ2v) is 18.6. The van der Waals surface area contributed by atoms with Gasteiger partial charge in [0.15, 0.2) is 0 Å². The van der Waals surface area contributed by atoms with E-state index >= 15 is 0 Å². The summed E-state index contributed by atoms with van der Waals surface area (Å²) in [5.74, 6) is 1.62. The largest absolute Gasteiger partial charge is 0.130 e. The van der Waals surface area contributed by atoms with Gasteiger partial charge in [0.25, 0.3) is 0 Å². The first-order chi connectivity index (χ1) is 21.7. The molecule has 0 aromatic carbocycles. The summed E-state index contributed by atoms with van der Waals surface area (Å²) in [4.78, 5) is 0. The zero-order chi connectivity index (χ0) is 33.9. The average molecular weight is 687 g/mol. The topological polar surface area (TPSA) is 0 Å². The molecule has 0 nitrogen and oxygen atoms in total. The van der Waals surface area contributed by atoms with E-state index < -0.39 is 0 Å². The highest BCUT2D eigenvalue weighted by molar-refractivity contribution is 7.28. The molecule has 0 aromatic heterocycles. The first-order valence-electron chi connectivity index (χ1n) is 21.1. The van der Waals surface area contributed by atoms with E-state index in [0.717, 1.165) is 11.8 Å². The molecule has 0 saturated heterocycles. The van der Waals surface area contributed by atoms with Crippen LogP contribution in [0.25, 0.3) is 0 Å². The maximum Gasteiger partial charge on any atom is 0.00358 e. The van der Waals surface area contributed by atoms with Crippen molar-refractivity contribution in [1.29, 1.82) is 0 Å². The first-order valence-corrected chi connectivity index (χ1v) is 22.8. The molecular weight excluding hydrogens is 597 g/mol. The Bertz CT molecular complexity index is 589. The van der Waals surface area contributed by atoms with Gasteiger partial charge in [-0.2, -0.15) is 0 Å². The zero-order valence-electron chi connectivity index (χ0n) is 32.6. The van der Waals surface area contributed by atoms with Crippen molar-refractivity contribution in [2.75, 3.05) is 0 Å². The van der Waals surface area contributed by atoms with E-state index in [-0.39, 0.29) is 15.5 Å². The van der Waals surface area contributed by atoms with Crippen LogP contribution in [-0.4, -0.2) is 15.5 Å². The van der Waals surface area contributed by atoms with Crippen LogP contribution in [0.15, 0.2) is 0 Å². The Morgan fingerprint density at radius 2 is 0.578 bits per heavy atom. The summed E-state index contributed by atoms with van der Waals surface area (Å²) in [7, 11) is 11.4. The minimum Gasteiger partial charge on any atom is -0.130 e. The highest BCUT2D eigenvalue weighted by Crippen LogP contribution is 2.64. The summed E-state index contributed by atoms with van der Waals surface area (Å²) in [6.45, 7) is 16.8. The Kier molecular flexibility index (Phi) is 29.9. The highest BCUT2D eigenvalue weighted by Gasteiger charge is 2.59. The van der Waals surface area contributed by atoms with Crippen molar-refractivity contribution in [3.8, 4) is 0 Å². The third-order valence-corrected chi connectivity index (χ3v) is 16.4. The fraction of sp³-hybridized carbons (Fsp3) is 1.00. The molecule has 0 rings (SSSR count). The standard InChI is InChI=1S/C42H89P3/c1-8-15-22-26-33-38(31-20-13-6)40(43,35-29-24-17-10-3)42(45,37-28-19-12-5)41(44,36-30-25-18-11-4)39(32-21-14-7)34-27-23-16-9-2/h38-39H,8-37,43-45H2,1-7H3. The van der Waals surface area contributed by atoms with Gasteiger partial charge in [0.1, 0.15) is 0 Å². The molecule has 0 aliphatic rings. The molecule has 0 bridgehead atoms. The molecule has 0 N–H and O–H groups in total. The summed E-state index contributed by atoms with van der Waals surface area (Å²) in [5, 5.41) is 0.789. The fourth-order valence-corrected chi connectivity index (χ4v) is 11.7. The summed E-state index contributed by atoms with van der Waals surface area (Å²) in [6.07, 6.45) is 41.8. The maximum absolute atomic E-state index is 3.82. The number of rotatable bonds is 34. The van der Waals surface area contributed by atoms with E-state index in [4.69, 9.17) is 0 Å². The molecule has 3 heteroatoms. The molecule has 0 aromatic rings. The molecule has 0 spiro atoms.